The van der Waals surface area contributed by atoms with Gasteiger partial charge in [0.1, 0.15) is 12.4 Å². The molecule has 1 unspecified atom stereocenters. The van der Waals surface area contributed by atoms with Crippen LogP contribution in [0.2, 0.25) is 0 Å². The number of rotatable bonds is 3. The molecule has 1 N–H and O–H groups in total. The molecule has 0 fully saturated rings. The van der Waals surface area contributed by atoms with E-state index in [2.05, 4.69) is 21.2 Å². The van der Waals surface area contributed by atoms with E-state index in [9.17, 15) is 4.79 Å². The van der Waals surface area contributed by atoms with Crippen LogP contribution in [0.1, 0.15) is 5.56 Å². The van der Waals surface area contributed by atoms with Crippen molar-refractivity contribution in [3.63, 3.8) is 0 Å². The maximum Gasteiger partial charge on any atom is 0.349 e. The standard InChI is InChI=1S/C16H14BrNO3/c17-12-6-2-1-5-11(12)10-20-16(19)15-9-18-13-7-3-4-8-14(13)21-15/h1-8,15,18H,9-10H2. The molecule has 0 saturated carbocycles. The van der Waals surface area contributed by atoms with Gasteiger partial charge in [0.25, 0.3) is 0 Å². The van der Waals surface area contributed by atoms with Gasteiger partial charge in [0.15, 0.2) is 0 Å². The molecule has 3 rings (SSSR count). The molecular formula is C16H14BrNO3. The smallest absolute Gasteiger partial charge is 0.349 e. The van der Waals surface area contributed by atoms with E-state index in [4.69, 9.17) is 9.47 Å². The zero-order chi connectivity index (χ0) is 14.7. The molecule has 4 nitrogen and oxygen atoms in total. The number of fused-ring (bicyclic) bond motifs is 1. The van der Waals surface area contributed by atoms with Crippen LogP contribution in [-0.2, 0) is 16.1 Å². The van der Waals surface area contributed by atoms with Crippen molar-refractivity contribution >= 4 is 27.6 Å². The maximum atomic E-state index is 12.1. The van der Waals surface area contributed by atoms with Crippen molar-refractivity contribution in [2.24, 2.45) is 0 Å². The third-order valence-electron chi connectivity index (χ3n) is 3.22. The summed E-state index contributed by atoms with van der Waals surface area (Å²) in [7, 11) is 0. The highest BCUT2D eigenvalue weighted by Gasteiger charge is 2.27. The predicted molar refractivity (Wildman–Crippen MR) is 83.3 cm³/mol. The summed E-state index contributed by atoms with van der Waals surface area (Å²) in [6.45, 7) is 0.633. The number of halogens is 1. The summed E-state index contributed by atoms with van der Waals surface area (Å²) < 4.78 is 11.9. The Morgan fingerprint density at radius 1 is 1.24 bits per heavy atom. The number of ether oxygens (including phenoxy) is 2. The fourth-order valence-electron chi connectivity index (χ4n) is 2.10. The van der Waals surface area contributed by atoms with Crippen LogP contribution in [0, 0.1) is 0 Å². The Bertz CT molecular complexity index is 659. The molecule has 1 heterocycles. The quantitative estimate of drug-likeness (QED) is 0.864. The maximum absolute atomic E-state index is 12.1. The van der Waals surface area contributed by atoms with Crippen molar-refractivity contribution in [3.8, 4) is 5.75 Å². The molecule has 0 radical (unpaired) electrons. The largest absolute Gasteiger partial charge is 0.475 e. The summed E-state index contributed by atoms with van der Waals surface area (Å²) in [5.41, 5.74) is 1.82. The summed E-state index contributed by atoms with van der Waals surface area (Å²) in [5, 5.41) is 3.17. The molecule has 2 aromatic rings. The summed E-state index contributed by atoms with van der Waals surface area (Å²) in [6.07, 6.45) is -0.623. The molecule has 108 valence electrons. The highest BCUT2D eigenvalue weighted by molar-refractivity contribution is 9.10. The minimum atomic E-state index is -0.623. The third kappa shape index (κ3) is 3.19. The highest BCUT2D eigenvalue weighted by Crippen LogP contribution is 2.28. The van der Waals surface area contributed by atoms with Crippen LogP contribution in [0.4, 0.5) is 5.69 Å². The first-order valence-electron chi connectivity index (χ1n) is 6.63. The summed E-state index contributed by atoms with van der Waals surface area (Å²) in [4.78, 5) is 12.1. The lowest BCUT2D eigenvalue weighted by Crippen LogP contribution is -2.38. The summed E-state index contributed by atoms with van der Waals surface area (Å²) in [6, 6.07) is 15.2. The minimum absolute atomic E-state index is 0.224. The Morgan fingerprint density at radius 2 is 2.00 bits per heavy atom. The van der Waals surface area contributed by atoms with Gasteiger partial charge in [0.2, 0.25) is 6.10 Å². The lowest BCUT2D eigenvalue weighted by molar-refractivity contribution is -0.152. The number of nitrogens with one attached hydrogen (secondary N) is 1. The zero-order valence-corrected chi connectivity index (χ0v) is 12.8. The fourth-order valence-corrected chi connectivity index (χ4v) is 2.50. The van der Waals surface area contributed by atoms with Crippen molar-refractivity contribution in [2.45, 2.75) is 12.7 Å². The van der Waals surface area contributed by atoms with Crippen molar-refractivity contribution in [1.82, 2.24) is 0 Å². The normalized spacial score (nSPS) is 16.3. The first kappa shape index (κ1) is 13.9. The van der Waals surface area contributed by atoms with Crippen molar-refractivity contribution in [1.29, 1.82) is 0 Å². The minimum Gasteiger partial charge on any atom is -0.475 e. The third-order valence-corrected chi connectivity index (χ3v) is 4.00. The topological polar surface area (TPSA) is 47.6 Å². The van der Waals surface area contributed by atoms with Gasteiger partial charge in [-0.25, -0.2) is 4.79 Å². The number of para-hydroxylation sites is 2. The van der Waals surface area contributed by atoms with E-state index in [0.29, 0.717) is 12.3 Å². The van der Waals surface area contributed by atoms with Crippen LogP contribution < -0.4 is 10.1 Å². The number of esters is 1. The zero-order valence-electron chi connectivity index (χ0n) is 11.2. The van der Waals surface area contributed by atoms with Gasteiger partial charge in [0, 0.05) is 10.0 Å². The van der Waals surface area contributed by atoms with E-state index in [0.717, 1.165) is 15.7 Å². The van der Waals surface area contributed by atoms with E-state index < -0.39 is 6.10 Å². The van der Waals surface area contributed by atoms with Gasteiger partial charge >= 0.3 is 5.97 Å². The Balaban J connectivity index is 1.61. The summed E-state index contributed by atoms with van der Waals surface area (Å²) >= 11 is 3.43. The van der Waals surface area contributed by atoms with Crippen molar-refractivity contribution < 1.29 is 14.3 Å². The van der Waals surface area contributed by atoms with Crippen molar-refractivity contribution in [2.75, 3.05) is 11.9 Å². The monoisotopic (exact) mass is 347 g/mol. The second-order valence-corrected chi connectivity index (χ2v) is 5.54. The first-order chi connectivity index (χ1) is 10.2. The number of anilines is 1. The molecule has 2 aromatic carbocycles. The van der Waals surface area contributed by atoms with Gasteiger partial charge in [-0.3, -0.25) is 0 Å². The van der Waals surface area contributed by atoms with Crippen LogP contribution in [0.25, 0.3) is 0 Å². The Kier molecular flexibility index (Phi) is 4.10. The molecule has 0 spiro atoms. The van der Waals surface area contributed by atoms with Gasteiger partial charge in [-0.2, -0.15) is 0 Å². The predicted octanol–water partition coefficient (Wildman–Crippen LogP) is 3.37. The lowest BCUT2D eigenvalue weighted by Gasteiger charge is -2.25. The number of hydrogen-bond donors (Lipinski definition) is 1. The van der Waals surface area contributed by atoms with E-state index in [1.807, 2.05) is 48.5 Å². The number of carbonyl (C=O) groups is 1. The van der Waals surface area contributed by atoms with E-state index in [1.54, 1.807) is 0 Å². The summed E-state index contributed by atoms with van der Waals surface area (Å²) in [5.74, 6) is 0.305. The van der Waals surface area contributed by atoms with E-state index in [-0.39, 0.29) is 12.6 Å². The molecule has 0 amide bonds. The average Bonchev–Trinajstić information content (AvgIpc) is 2.53. The lowest BCUT2D eigenvalue weighted by atomic mass is 10.2. The van der Waals surface area contributed by atoms with Crippen LogP contribution in [0.15, 0.2) is 53.0 Å². The Hall–Kier alpha value is -2.01. The van der Waals surface area contributed by atoms with Crippen LogP contribution in [0.3, 0.4) is 0 Å². The fraction of sp³-hybridized carbons (Fsp3) is 0.188. The van der Waals surface area contributed by atoms with Gasteiger partial charge < -0.3 is 14.8 Å². The first-order valence-corrected chi connectivity index (χ1v) is 7.43. The molecule has 1 atom stereocenters. The molecule has 0 bridgehead atoms. The second kappa shape index (κ2) is 6.18. The van der Waals surface area contributed by atoms with Crippen LogP contribution in [0.5, 0.6) is 5.75 Å². The molecule has 21 heavy (non-hydrogen) atoms. The molecule has 0 saturated heterocycles. The molecule has 5 heteroatoms. The van der Waals surface area contributed by atoms with Gasteiger partial charge in [-0.1, -0.05) is 46.3 Å². The average molecular weight is 348 g/mol. The SMILES string of the molecule is O=C(OCc1ccccc1Br)C1CNc2ccccc2O1. The number of hydrogen-bond acceptors (Lipinski definition) is 4. The Morgan fingerprint density at radius 3 is 2.86 bits per heavy atom. The second-order valence-electron chi connectivity index (χ2n) is 4.68. The van der Waals surface area contributed by atoms with Crippen molar-refractivity contribution in [3.05, 3.63) is 58.6 Å². The van der Waals surface area contributed by atoms with E-state index in [1.165, 1.54) is 0 Å². The van der Waals surface area contributed by atoms with Crippen LogP contribution >= 0.6 is 15.9 Å². The highest BCUT2D eigenvalue weighted by atomic mass is 79.9. The van der Waals surface area contributed by atoms with Gasteiger partial charge in [0.05, 0.1) is 12.2 Å². The number of benzene rings is 2. The van der Waals surface area contributed by atoms with Gasteiger partial charge in [-0.15, -0.1) is 0 Å². The molecule has 1 aliphatic heterocycles. The molecule has 0 aliphatic carbocycles. The molecule has 1 aliphatic rings. The van der Waals surface area contributed by atoms with Gasteiger partial charge in [-0.05, 0) is 18.2 Å². The molecule has 0 aromatic heterocycles. The Labute approximate surface area is 131 Å². The molecular weight excluding hydrogens is 334 g/mol. The van der Waals surface area contributed by atoms with E-state index >= 15 is 0 Å². The van der Waals surface area contributed by atoms with Crippen LogP contribution in [-0.4, -0.2) is 18.6 Å². The number of carbonyl (C=O) groups excluding carboxylic acids is 1.